The number of benzene rings is 2. The van der Waals surface area contributed by atoms with Gasteiger partial charge in [-0.2, -0.15) is 0 Å². The second-order valence-corrected chi connectivity index (χ2v) is 4.89. The van der Waals surface area contributed by atoms with Gasteiger partial charge in [-0.3, -0.25) is 0 Å². The molecule has 0 bridgehead atoms. The second-order valence-electron chi connectivity index (χ2n) is 4.89. The zero-order valence-electron chi connectivity index (χ0n) is 11.4. The topological polar surface area (TPSA) is 44.8 Å². The number of nitrogens with zero attached hydrogens (tertiary/aromatic N) is 3. The van der Waals surface area contributed by atoms with Crippen molar-refractivity contribution in [1.82, 2.24) is 9.90 Å². The van der Waals surface area contributed by atoms with Crippen LogP contribution in [0.5, 0.6) is 0 Å². The van der Waals surface area contributed by atoms with Crippen molar-refractivity contribution in [2.24, 2.45) is 0 Å². The van der Waals surface area contributed by atoms with E-state index in [2.05, 4.69) is 5.10 Å². The summed E-state index contributed by atoms with van der Waals surface area (Å²) in [6.45, 7) is 4.03. The lowest BCUT2D eigenvalue weighted by atomic mass is 10.1. The summed E-state index contributed by atoms with van der Waals surface area (Å²) >= 11 is 0. The van der Waals surface area contributed by atoms with Gasteiger partial charge in [-0.15, -0.1) is 4.85 Å². The van der Waals surface area contributed by atoms with Crippen LogP contribution in [0, 0.1) is 19.1 Å². The van der Waals surface area contributed by atoms with Crippen molar-refractivity contribution in [3.63, 3.8) is 0 Å². The molecular formula is C16H15N3O. The van der Waals surface area contributed by atoms with E-state index in [0.29, 0.717) is 5.69 Å². The van der Waals surface area contributed by atoms with Gasteiger partial charge in [0.2, 0.25) is 11.9 Å². The molecule has 3 rings (SSSR count). The van der Waals surface area contributed by atoms with E-state index in [9.17, 15) is 5.21 Å². The Bertz CT molecular complexity index is 664. The largest absolute Gasteiger partial charge is 0.692 e. The zero-order chi connectivity index (χ0) is 14.1. The summed E-state index contributed by atoms with van der Waals surface area (Å²) in [6.07, 6.45) is 1.59. The summed E-state index contributed by atoms with van der Waals surface area (Å²) in [6, 6.07) is 15.5. The lowest BCUT2D eigenvalue weighted by Crippen LogP contribution is -2.38. The first-order valence-electron chi connectivity index (χ1n) is 6.47. The van der Waals surface area contributed by atoms with Gasteiger partial charge in [0.1, 0.15) is 5.69 Å². The van der Waals surface area contributed by atoms with Crippen molar-refractivity contribution in [1.29, 1.82) is 0 Å². The standard InChI is InChI=1S/C16H15N3O/c1-12-3-7-14(8-4-12)16-11-17-18(19(16)20)15-9-5-13(2)6-10-15/h3-11H,1-2H3. The van der Waals surface area contributed by atoms with Crippen LogP contribution in [0.1, 0.15) is 11.1 Å². The highest BCUT2D eigenvalue weighted by molar-refractivity contribution is 5.55. The summed E-state index contributed by atoms with van der Waals surface area (Å²) in [5.41, 5.74) is 4.48. The van der Waals surface area contributed by atoms with Gasteiger partial charge in [-0.05, 0) is 30.8 Å². The van der Waals surface area contributed by atoms with Gasteiger partial charge in [0.15, 0.2) is 0 Å². The third-order valence-corrected chi connectivity index (χ3v) is 3.28. The molecule has 0 N–H and O–H groups in total. The minimum absolute atomic E-state index is 0.547. The molecule has 0 fully saturated rings. The van der Waals surface area contributed by atoms with Gasteiger partial charge >= 0.3 is 0 Å². The predicted octanol–water partition coefficient (Wildman–Crippen LogP) is 2.79. The maximum Gasteiger partial charge on any atom is 0.215 e. The zero-order valence-corrected chi connectivity index (χ0v) is 11.4. The highest BCUT2D eigenvalue weighted by atomic mass is 16.5. The quantitative estimate of drug-likeness (QED) is 0.528. The van der Waals surface area contributed by atoms with E-state index in [1.165, 1.54) is 4.80 Å². The van der Waals surface area contributed by atoms with Crippen molar-refractivity contribution in [2.45, 2.75) is 13.8 Å². The van der Waals surface area contributed by atoms with Crippen LogP contribution in [0.2, 0.25) is 0 Å². The fraction of sp³-hybridized carbons (Fsp3) is 0.125. The highest BCUT2D eigenvalue weighted by Gasteiger charge is 2.15. The van der Waals surface area contributed by atoms with Gasteiger partial charge in [0, 0.05) is 10.7 Å². The normalized spacial score (nSPS) is 10.7. The first kappa shape index (κ1) is 12.4. The number of hydrogen-bond acceptors (Lipinski definition) is 2. The molecule has 0 amide bonds. The minimum atomic E-state index is 0.547. The maximum absolute atomic E-state index is 12.4. The number of aryl methyl sites for hydroxylation is 2. The molecule has 20 heavy (non-hydrogen) atoms. The molecule has 100 valence electrons. The molecule has 0 aliphatic heterocycles. The van der Waals surface area contributed by atoms with E-state index in [4.69, 9.17) is 0 Å². The third-order valence-electron chi connectivity index (χ3n) is 3.28. The molecular weight excluding hydrogens is 250 g/mol. The van der Waals surface area contributed by atoms with E-state index < -0.39 is 0 Å². The number of aromatic nitrogens is 3. The molecule has 0 atom stereocenters. The van der Waals surface area contributed by atoms with Crippen molar-refractivity contribution in [2.75, 3.05) is 0 Å². The molecule has 0 saturated carbocycles. The van der Waals surface area contributed by atoms with Crippen LogP contribution in [0.4, 0.5) is 0 Å². The minimum Gasteiger partial charge on any atom is -0.692 e. The summed E-state index contributed by atoms with van der Waals surface area (Å²) in [4.78, 5) is 2.17. The summed E-state index contributed by atoms with van der Waals surface area (Å²) < 4.78 is 0. The third kappa shape index (κ3) is 2.16. The molecule has 0 aliphatic carbocycles. The SMILES string of the molecule is Cc1ccc(-c2cnn(-c3ccc(C)cc3)[n+]2[O-])cc1. The number of hydrogen-bond donors (Lipinski definition) is 0. The van der Waals surface area contributed by atoms with Gasteiger partial charge in [-0.1, -0.05) is 47.5 Å². The van der Waals surface area contributed by atoms with Crippen LogP contribution in [0.15, 0.2) is 54.7 Å². The van der Waals surface area contributed by atoms with Gasteiger partial charge in [0.25, 0.3) is 0 Å². The van der Waals surface area contributed by atoms with Crippen molar-refractivity contribution >= 4 is 0 Å². The predicted molar refractivity (Wildman–Crippen MR) is 77.4 cm³/mol. The Morgan fingerprint density at radius 3 is 2.05 bits per heavy atom. The van der Waals surface area contributed by atoms with E-state index in [0.717, 1.165) is 27.2 Å². The Labute approximate surface area is 117 Å². The fourth-order valence-electron chi connectivity index (χ4n) is 2.07. The Morgan fingerprint density at radius 2 is 1.45 bits per heavy atom. The molecule has 2 aromatic carbocycles. The molecule has 0 radical (unpaired) electrons. The average Bonchev–Trinajstić information content (AvgIpc) is 2.83. The van der Waals surface area contributed by atoms with Gasteiger partial charge in [0.05, 0.1) is 0 Å². The molecule has 0 saturated heterocycles. The van der Waals surface area contributed by atoms with E-state index >= 15 is 0 Å². The van der Waals surface area contributed by atoms with Crippen molar-refractivity contribution in [3.05, 3.63) is 71.1 Å². The Balaban J connectivity index is 2.04. The smallest absolute Gasteiger partial charge is 0.215 e. The van der Waals surface area contributed by atoms with Crippen LogP contribution in [0.3, 0.4) is 0 Å². The number of rotatable bonds is 2. The highest BCUT2D eigenvalue weighted by Crippen LogP contribution is 2.16. The first-order chi connectivity index (χ1) is 9.65. The lowest BCUT2D eigenvalue weighted by molar-refractivity contribution is -0.678. The van der Waals surface area contributed by atoms with Crippen molar-refractivity contribution < 1.29 is 4.85 Å². The Hall–Kier alpha value is -2.62. The van der Waals surface area contributed by atoms with Crippen molar-refractivity contribution in [3.8, 4) is 16.9 Å². The Kier molecular flexibility index (Phi) is 2.99. The molecule has 1 aromatic heterocycles. The summed E-state index contributed by atoms with van der Waals surface area (Å²) in [5.74, 6) is 0. The van der Waals surface area contributed by atoms with E-state index in [1.807, 2.05) is 62.4 Å². The van der Waals surface area contributed by atoms with Crippen LogP contribution in [-0.2, 0) is 0 Å². The molecule has 0 spiro atoms. The average molecular weight is 265 g/mol. The summed E-state index contributed by atoms with van der Waals surface area (Å²) in [5, 5.41) is 16.5. The monoisotopic (exact) mass is 265 g/mol. The molecule has 4 nitrogen and oxygen atoms in total. The molecule has 0 aliphatic rings. The fourth-order valence-corrected chi connectivity index (χ4v) is 2.07. The van der Waals surface area contributed by atoms with Crippen LogP contribution >= 0.6 is 0 Å². The maximum atomic E-state index is 12.4. The van der Waals surface area contributed by atoms with E-state index in [1.54, 1.807) is 6.20 Å². The van der Waals surface area contributed by atoms with E-state index in [-0.39, 0.29) is 0 Å². The second kappa shape index (κ2) is 4.81. The van der Waals surface area contributed by atoms with Gasteiger partial charge in [-0.25, -0.2) is 0 Å². The molecule has 0 unspecified atom stereocenters. The van der Waals surface area contributed by atoms with Gasteiger partial charge < -0.3 is 5.21 Å². The molecule has 4 heteroatoms. The van der Waals surface area contributed by atoms with Crippen LogP contribution < -0.4 is 4.85 Å². The lowest BCUT2D eigenvalue weighted by Gasteiger charge is -2.07. The van der Waals surface area contributed by atoms with Crippen LogP contribution in [0.25, 0.3) is 16.9 Å². The Morgan fingerprint density at radius 1 is 0.900 bits per heavy atom. The first-order valence-corrected chi connectivity index (χ1v) is 6.47. The molecule has 1 heterocycles. The summed E-state index contributed by atoms with van der Waals surface area (Å²) in [7, 11) is 0. The molecule has 3 aromatic rings. The van der Waals surface area contributed by atoms with Crippen LogP contribution in [-0.4, -0.2) is 9.90 Å².